The largest absolute Gasteiger partial charge is 0.382 e. The van der Waals surface area contributed by atoms with Gasteiger partial charge in [-0.25, -0.2) is 4.98 Å². The van der Waals surface area contributed by atoms with Gasteiger partial charge in [0.05, 0.1) is 11.4 Å². The number of nitrogens with two attached hydrogens (primary N) is 1. The molecule has 0 aliphatic carbocycles. The molecule has 2 N–H and O–H groups in total. The van der Waals surface area contributed by atoms with Crippen molar-refractivity contribution in [2.75, 3.05) is 5.73 Å². The number of nitriles is 1. The summed E-state index contributed by atoms with van der Waals surface area (Å²) in [6.45, 7) is 1.91. The van der Waals surface area contributed by atoms with Crippen LogP contribution in [0.3, 0.4) is 0 Å². The summed E-state index contributed by atoms with van der Waals surface area (Å²) in [5.41, 5.74) is 11.2. The number of nitrogens with zero attached hydrogens (tertiary/aromatic N) is 4. The second-order valence-electron chi connectivity index (χ2n) is 5.90. The molecular weight excluding hydrogens is 346 g/mol. The summed E-state index contributed by atoms with van der Waals surface area (Å²) in [6.07, 6.45) is 0. The first kappa shape index (κ1) is 16.1. The van der Waals surface area contributed by atoms with E-state index in [1.54, 1.807) is 12.1 Å². The number of rotatable bonds is 2. The Hall–Kier alpha value is -3.36. The number of anilines is 1. The number of hydrogen-bond donors (Lipinski definition) is 1. The first-order valence-electron chi connectivity index (χ1n) is 8.00. The van der Waals surface area contributed by atoms with E-state index in [-0.39, 0.29) is 5.82 Å². The van der Waals surface area contributed by atoms with Gasteiger partial charge < -0.3 is 5.73 Å². The highest BCUT2D eigenvalue weighted by Gasteiger charge is 2.20. The number of benzene rings is 2. The minimum Gasteiger partial charge on any atom is -0.382 e. The maximum Gasteiger partial charge on any atom is 0.166 e. The van der Waals surface area contributed by atoms with E-state index in [9.17, 15) is 5.26 Å². The van der Waals surface area contributed by atoms with Crippen LogP contribution < -0.4 is 5.73 Å². The molecule has 0 aliphatic heterocycles. The van der Waals surface area contributed by atoms with Crippen molar-refractivity contribution in [1.29, 1.82) is 5.26 Å². The van der Waals surface area contributed by atoms with Crippen molar-refractivity contribution in [3.05, 3.63) is 70.9 Å². The van der Waals surface area contributed by atoms with Gasteiger partial charge in [0.2, 0.25) is 0 Å². The predicted octanol–water partition coefficient (Wildman–Crippen LogP) is 4.48. The molecule has 0 saturated carbocycles. The molecule has 0 spiro atoms. The van der Waals surface area contributed by atoms with Crippen molar-refractivity contribution >= 4 is 23.1 Å². The third-order valence-corrected chi connectivity index (χ3v) is 4.52. The van der Waals surface area contributed by atoms with Gasteiger partial charge in [-0.3, -0.25) is 0 Å². The number of nitrogen functional groups attached to an aromatic ring is 1. The molecule has 0 atom stereocenters. The minimum atomic E-state index is 0.271. The summed E-state index contributed by atoms with van der Waals surface area (Å²) in [4.78, 5) is 4.76. The summed E-state index contributed by atoms with van der Waals surface area (Å²) < 4.78 is 1.54. The highest BCUT2D eigenvalue weighted by molar-refractivity contribution is 6.30. The highest BCUT2D eigenvalue weighted by Crippen LogP contribution is 2.33. The Morgan fingerprint density at radius 3 is 2.38 bits per heavy atom. The molecule has 0 aliphatic rings. The molecule has 0 unspecified atom stereocenters. The lowest BCUT2D eigenvalue weighted by Crippen LogP contribution is -2.06. The highest BCUT2D eigenvalue weighted by atomic mass is 35.5. The Kier molecular flexibility index (Phi) is 3.83. The van der Waals surface area contributed by atoms with Crippen LogP contribution in [0.2, 0.25) is 5.02 Å². The number of aromatic nitrogens is 3. The van der Waals surface area contributed by atoms with Crippen molar-refractivity contribution in [1.82, 2.24) is 14.6 Å². The van der Waals surface area contributed by atoms with Crippen molar-refractivity contribution in [3.8, 4) is 28.5 Å². The van der Waals surface area contributed by atoms with Crippen molar-refractivity contribution in [3.63, 3.8) is 0 Å². The summed E-state index contributed by atoms with van der Waals surface area (Å²) in [5.74, 6) is 0.271. The van der Waals surface area contributed by atoms with Crippen molar-refractivity contribution in [2.24, 2.45) is 0 Å². The second kappa shape index (κ2) is 6.17. The normalized spacial score (nSPS) is 10.8. The van der Waals surface area contributed by atoms with E-state index in [0.29, 0.717) is 21.9 Å². The zero-order valence-electron chi connectivity index (χ0n) is 13.9. The fraction of sp³-hybridized carbons (Fsp3) is 0.0500. The molecular formula is C20H14ClN5. The Morgan fingerprint density at radius 1 is 1.04 bits per heavy atom. The lowest BCUT2D eigenvalue weighted by Gasteiger charge is -2.09. The van der Waals surface area contributed by atoms with Gasteiger partial charge in [-0.1, -0.05) is 54.1 Å². The van der Waals surface area contributed by atoms with E-state index < -0.39 is 0 Å². The van der Waals surface area contributed by atoms with Crippen LogP contribution in [0.25, 0.3) is 28.0 Å². The molecule has 26 heavy (non-hydrogen) atoms. The quantitative estimate of drug-likeness (QED) is 0.572. The summed E-state index contributed by atoms with van der Waals surface area (Å²) in [7, 11) is 0. The average molecular weight is 360 g/mol. The van der Waals surface area contributed by atoms with Crippen LogP contribution in [0.5, 0.6) is 0 Å². The van der Waals surface area contributed by atoms with E-state index in [1.165, 1.54) is 4.52 Å². The van der Waals surface area contributed by atoms with E-state index >= 15 is 0 Å². The topological polar surface area (TPSA) is 80.0 Å². The van der Waals surface area contributed by atoms with Crippen LogP contribution in [0.1, 0.15) is 11.3 Å². The fourth-order valence-corrected chi connectivity index (χ4v) is 3.17. The molecule has 4 aromatic rings. The molecule has 0 amide bonds. The fourth-order valence-electron chi connectivity index (χ4n) is 3.04. The van der Waals surface area contributed by atoms with E-state index in [0.717, 1.165) is 22.4 Å². The van der Waals surface area contributed by atoms with Crippen molar-refractivity contribution < 1.29 is 0 Å². The molecule has 2 heterocycles. The molecule has 2 aromatic carbocycles. The van der Waals surface area contributed by atoms with Gasteiger partial charge in [0, 0.05) is 16.1 Å². The first-order valence-corrected chi connectivity index (χ1v) is 8.38. The number of halogens is 1. The Balaban J connectivity index is 2.07. The second-order valence-corrected chi connectivity index (χ2v) is 6.34. The van der Waals surface area contributed by atoms with Crippen LogP contribution in [0.4, 0.5) is 5.82 Å². The third-order valence-electron chi connectivity index (χ3n) is 4.27. The maximum atomic E-state index is 9.63. The monoisotopic (exact) mass is 359 g/mol. The zero-order valence-corrected chi connectivity index (χ0v) is 14.7. The number of fused-ring (bicyclic) bond motifs is 1. The van der Waals surface area contributed by atoms with Gasteiger partial charge in [0.1, 0.15) is 17.5 Å². The lowest BCUT2D eigenvalue weighted by molar-refractivity contribution is 0.927. The summed E-state index contributed by atoms with van der Waals surface area (Å²) in [6, 6.07) is 19.2. The molecule has 4 rings (SSSR count). The molecule has 0 radical (unpaired) electrons. The van der Waals surface area contributed by atoms with Gasteiger partial charge in [-0.05, 0) is 24.6 Å². The molecule has 0 fully saturated rings. The molecule has 0 bridgehead atoms. The third kappa shape index (κ3) is 2.48. The molecule has 2 aromatic heterocycles. The maximum absolute atomic E-state index is 9.63. The van der Waals surface area contributed by atoms with E-state index in [1.807, 2.05) is 49.4 Å². The zero-order chi connectivity index (χ0) is 18.3. The van der Waals surface area contributed by atoms with E-state index in [2.05, 4.69) is 11.2 Å². The Morgan fingerprint density at radius 2 is 1.73 bits per heavy atom. The van der Waals surface area contributed by atoms with Crippen LogP contribution in [-0.2, 0) is 0 Å². The average Bonchev–Trinajstić information content (AvgIpc) is 2.99. The van der Waals surface area contributed by atoms with Gasteiger partial charge >= 0.3 is 0 Å². The van der Waals surface area contributed by atoms with Crippen LogP contribution in [-0.4, -0.2) is 14.6 Å². The summed E-state index contributed by atoms with van der Waals surface area (Å²) in [5, 5.41) is 14.8. The van der Waals surface area contributed by atoms with Gasteiger partial charge in [0.25, 0.3) is 0 Å². The SMILES string of the molecule is Cc1nn2c(N)c(C#N)c(-c3ccc(Cl)cc3)nc2c1-c1ccccc1. The molecule has 126 valence electrons. The number of aryl methyl sites for hydroxylation is 1. The lowest BCUT2D eigenvalue weighted by atomic mass is 10.0. The van der Waals surface area contributed by atoms with Crippen molar-refractivity contribution in [2.45, 2.75) is 6.92 Å². The molecule has 6 heteroatoms. The van der Waals surface area contributed by atoms with Gasteiger partial charge in [-0.15, -0.1) is 0 Å². The number of hydrogen-bond acceptors (Lipinski definition) is 4. The first-order chi connectivity index (χ1) is 12.6. The van der Waals surface area contributed by atoms with Gasteiger partial charge in [-0.2, -0.15) is 14.9 Å². The smallest absolute Gasteiger partial charge is 0.166 e. The Labute approximate surface area is 155 Å². The summed E-state index contributed by atoms with van der Waals surface area (Å²) >= 11 is 5.98. The standard InChI is InChI=1S/C20H14ClN5/c1-12-17(13-5-3-2-4-6-13)20-24-18(14-7-9-15(21)10-8-14)16(11-22)19(23)26(20)25-12/h2-10H,23H2,1H3. The van der Waals surface area contributed by atoms with Crippen LogP contribution in [0.15, 0.2) is 54.6 Å². The van der Waals surface area contributed by atoms with Crippen LogP contribution in [0, 0.1) is 18.3 Å². The minimum absolute atomic E-state index is 0.271. The van der Waals surface area contributed by atoms with Gasteiger partial charge in [0.15, 0.2) is 5.65 Å². The Bertz CT molecular complexity index is 1160. The van der Waals surface area contributed by atoms with E-state index in [4.69, 9.17) is 22.3 Å². The molecule has 0 saturated heterocycles. The molecule has 5 nitrogen and oxygen atoms in total. The predicted molar refractivity (Wildman–Crippen MR) is 103 cm³/mol. The van der Waals surface area contributed by atoms with Crippen LogP contribution >= 0.6 is 11.6 Å².